The summed E-state index contributed by atoms with van der Waals surface area (Å²) in [7, 11) is 0. The summed E-state index contributed by atoms with van der Waals surface area (Å²) in [4.78, 5) is 34.2. The maximum Gasteiger partial charge on any atom is 0.282 e. The van der Waals surface area contributed by atoms with Crippen molar-refractivity contribution in [3.8, 4) is 0 Å². The Bertz CT molecular complexity index is 859. The van der Waals surface area contributed by atoms with Crippen LogP contribution in [0.5, 0.6) is 0 Å². The molecule has 10 heteroatoms. The number of hydrogen-bond acceptors (Lipinski definition) is 5. The van der Waals surface area contributed by atoms with Crippen LogP contribution in [0.2, 0.25) is 5.02 Å². The molecule has 8 nitrogen and oxygen atoms in total. The van der Waals surface area contributed by atoms with E-state index in [4.69, 9.17) is 23.8 Å². The van der Waals surface area contributed by atoms with Crippen LogP contribution in [-0.2, 0) is 0 Å². The summed E-state index contributed by atoms with van der Waals surface area (Å²) < 4.78 is 0. The van der Waals surface area contributed by atoms with Crippen molar-refractivity contribution in [3.05, 3.63) is 74.8 Å². The second kappa shape index (κ2) is 8.18. The predicted octanol–water partition coefficient (Wildman–Crippen LogP) is 2.20. The Balaban J connectivity index is 1.95. The first kappa shape index (κ1) is 18.3. The van der Waals surface area contributed by atoms with Crippen LogP contribution >= 0.6 is 23.8 Å². The third-order valence-corrected chi connectivity index (χ3v) is 3.39. The molecule has 0 saturated carbocycles. The molecule has 2 aromatic rings. The molecule has 0 aromatic heterocycles. The molecule has 2 aromatic carbocycles. The molecule has 0 fully saturated rings. The van der Waals surface area contributed by atoms with E-state index in [1.54, 1.807) is 12.1 Å². The first-order valence-electron chi connectivity index (χ1n) is 6.79. The van der Waals surface area contributed by atoms with Gasteiger partial charge in [-0.3, -0.25) is 35.9 Å². The highest BCUT2D eigenvalue weighted by Gasteiger charge is 2.20. The number of carbonyl (C=O) groups excluding carboxylic acids is 2. The smallest absolute Gasteiger partial charge is 0.282 e. The van der Waals surface area contributed by atoms with Gasteiger partial charge in [0.1, 0.15) is 5.56 Å². The maximum absolute atomic E-state index is 12.1. The molecule has 0 unspecified atom stereocenters. The lowest BCUT2D eigenvalue weighted by atomic mass is 10.1. The topological polar surface area (TPSA) is 113 Å². The number of benzene rings is 2. The molecule has 3 N–H and O–H groups in total. The Kier molecular flexibility index (Phi) is 5.98. The zero-order valence-corrected chi connectivity index (χ0v) is 14.1. The zero-order valence-electron chi connectivity index (χ0n) is 12.5. The Morgan fingerprint density at radius 2 is 1.76 bits per heavy atom. The molecule has 0 aliphatic carbocycles. The minimum absolute atomic E-state index is 0.155. The first-order chi connectivity index (χ1) is 11.9. The molecular weight excluding hydrogens is 368 g/mol. The highest BCUT2D eigenvalue weighted by Crippen LogP contribution is 2.17. The van der Waals surface area contributed by atoms with E-state index in [-0.39, 0.29) is 21.9 Å². The summed E-state index contributed by atoms with van der Waals surface area (Å²) in [5.74, 6) is -1.30. The largest absolute Gasteiger partial charge is 0.297 e. The minimum Gasteiger partial charge on any atom is -0.297 e. The third kappa shape index (κ3) is 4.96. The van der Waals surface area contributed by atoms with E-state index in [1.165, 1.54) is 36.4 Å². The minimum atomic E-state index is -0.776. The van der Waals surface area contributed by atoms with Gasteiger partial charge in [0.15, 0.2) is 5.11 Å². The Labute approximate surface area is 152 Å². The number of rotatable bonds is 3. The van der Waals surface area contributed by atoms with Gasteiger partial charge < -0.3 is 0 Å². The van der Waals surface area contributed by atoms with E-state index in [0.29, 0.717) is 5.02 Å². The van der Waals surface area contributed by atoms with Crippen LogP contribution < -0.4 is 16.2 Å². The average molecular weight is 379 g/mol. The molecule has 0 aliphatic rings. The van der Waals surface area contributed by atoms with Gasteiger partial charge in [0.05, 0.1) is 4.92 Å². The maximum atomic E-state index is 12.1. The van der Waals surface area contributed by atoms with Gasteiger partial charge in [-0.05, 0) is 36.5 Å². The van der Waals surface area contributed by atoms with Crippen molar-refractivity contribution < 1.29 is 14.5 Å². The molecular formula is C15H11ClN4O4S. The number of hydrogen-bond donors (Lipinski definition) is 3. The van der Waals surface area contributed by atoms with Crippen molar-refractivity contribution in [1.82, 2.24) is 16.2 Å². The molecule has 0 atom stereocenters. The predicted molar refractivity (Wildman–Crippen MR) is 95.2 cm³/mol. The second-order valence-electron chi connectivity index (χ2n) is 4.65. The van der Waals surface area contributed by atoms with Crippen molar-refractivity contribution in [3.63, 3.8) is 0 Å². The van der Waals surface area contributed by atoms with E-state index >= 15 is 0 Å². The molecule has 0 aliphatic heterocycles. The van der Waals surface area contributed by atoms with E-state index in [9.17, 15) is 19.7 Å². The number of nitro groups is 1. The number of hydrazine groups is 1. The van der Waals surface area contributed by atoms with Gasteiger partial charge in [0.2, 0.25) is 0 Å². The molecule has 0 radical (unpaired) electrons. The Morgan fingerprint density at radius 3 is 2.44 bits per heavy atom. The van der Waals surface area contributed by atoms with Crippen LogP contribution in [0.3, 0.4) is 0 Å². The molecule has 0 bridgehead atoms. The van der Waals surface area contributed by atoms with Gasteiger partial charge in [-0.25, -0.2) is 0 Å². The van der Waals surface area contributed by atoms with Crippen molar-refractivity contribution >= 4 is 46.4 Å². The number of halogens is 1. The summed E-state index contributed by atoms with van der Waals surface area (Å²) in [6, 6.07) is 11.6. The standard InChI is InChI=1S/C15H11ClN4O4S/c16-10-5-3-4-9(8-10)13(21)18-19-15(25)17-14(22)11-6-1-2-7-12(11)20(23)24/h1-8H,(H,18,21)(H2,17,19,22,25). The summed E-state index contributed by atoms with van der Waals surface area (Å²) in [6.07, 6.45) is 0. The molecule has 25 heavy (non-hydrogen) atoms. The van der Waals surface area contributed by atoms with Crippen molar-refractivity contribution in [2.45, 2.75) is 0 Å². The molecule has 128 valence electrons. The van der Waals surface area contributed by atoms with Crippen LogP contribution in [0, 0.1) is 10.1 Å². The van der Waals surface area contributed by atoms with Crippen LogP contribution in [0.1, 0.15) is 20.7 Å². The van der Waals surface area contributed by atoms with Gasteiger partial charge in [0.25, 0.3) is 17.5 Å². The highest BCUT2D eigenvalue weighted by atomic mass is 35.5. The Hall–Kier alpha value is -3.04. The summed E-state index contributed by atoms with van der Waals surface area (Å²) in [5, 5.41) is 13.3. The third-order valence-electron chi connectivity index (χ3n) is 2.95. The average Bonchev–Trinajstić information content (AvgIpc) is 2.59. The number of nitrogens with zero attached hydrogens (tertiary/aromatic N) is 1. The fourth-order valence-corrected chi connectivity index (χ4v) is 2.18. The molecule has 2 rings (SSSR count). The van der Waals surface area contributed by atoms with Crippen LogP contribution in [-0.4, -0.2) is 21.9 Å². The highest BCUT2D eigenvalue weighted by molar-refractivity contribution is 7.80. The molecule has 0 spiro atoms. The lowest BCUT2D eigenvalue weighted by Crippen LogP contribution is -2.48. The summed E-state index contributed by atoms with van der Waals surface area (Å²) >= 11 is 10.7. The fraction of sp³-hybridized carbons (Fsp3) is 0. The van der Waals surface area contributed by atoms with Gasteiger partial charge in [0, 0.05) is 16.7 Å². The van der Waals surface area contributed by atoms with E-state index in [0.717, 1.165) is 0 Å². The number of nitrogens with one attached hydrogen (secondary N) is 3. The lowest BCUT2D eigenvalue weighted by molar-refractivity contribution is -0.385. The number of para-hydroxylation sites is 1. The zero-order chi connectivity index (χ0) is 18.4. The van der Waals surface area contributed by atoms with E-state index in [2.05, 4.69) is 16.2 Å². The van der Waals surface area contributed by atoms with Crippen molar-refractivity contribution in [1.29, 1.82) is 0 Å². The monoisotopic (exact) mass is 378 g/mol. The molecule has 0 heterocycles. The number of thiocarbonyl (C=S) groups is 1. The molecule has 2 amide bonds. The summed E-state index contributed by atoms with van der Waals surface area (Å²) in [5.41, 5.74) is 4.39. The van der Waals surface area contributed by atoms with E-state index in [1.807, 2.05) is 0 Å². The second-order valence-corrected chi connectivity index (χ2v) is 5.49. The van der Waals surface area contributed by atoms with E-state index < -0.39 is 16.7 Å². The van der Waals surface area contributed by atoms with Crippen molar-refractivity contribution in [2.24, 2.45) is 0 Å². The van der Waals surface area contributed by atoms with Crippen LogP contribution in [0.25, 0.3) is 0 Å². The number of carbonyl (C=O) groups is 2. The quantitative estimate of drug-likeness (QED) is 0.428. The van der Waals surface area contributed by atoms with Gasteiger partial charge in [-0.1, -0.05) is 29.8 Å². The molecule has 0 saturated heterocycles. The number of amides is 2. The van der Waals surface area contributed by atoms with Gasteiger partial charge in [-0.15, -0.1) is 0 Å². The normalized spacial score (nSPS) is 9.80. The Morgan fingerprint density at radius 1 is 1.04 bits per heavy atom. The van der Waals surface area contributed by atoms with Gasteiger partial charge in [-0.2, -0.15) is 0 Å². The summed E-state index contributed by atoms with van der Waals surface area (Å²) in [6.45, 7) is 0. The fourth-order valence-electron chi connectivity index (χ4n) is 1.84. The number of nitro benzene ring substituents is 1. The van der Waals surface area contributed by atoms with Crippen LogP contribution in [0.4, 0.5) is 5.69 Å². The van der Waals surface area contributed by atoms with Crippen molar-refractivity contribution in [2.75, 3.05) is 0 Å². The van der Waals surface area contributed by atoms with Crippen LogP contribution in [0.15, 0.2) is 48.5 Å². The first-order valence-corrected chi connectivity index (χ1v) is 7.58. The lowest BCUT2D eigenvalue weighted by Gasteiger charge is -2.11. The van der Waals surface area contributed by atoms with Gasteiger partial charge >= 0.3 is 0 Å². The SMILES string of the molecule is O=C(NNC(=S)NC(=O)c1ccccc1[N+](=O)[O-])c1cccc(Cl)c1.